The molecule has 0 atom stereocenters. The molecular formula is C11H17N5. The zero-order valence-corrected chi connectivity index (χ0v) is 9.50. The van der Waals surface area contributed by atoms with Crippen LogP contribution >= 0.6 is 0 Å². The van der Waals surface area contributed by atoms with Gasteiger partial charge in [0.2, 0.25) is 0 Å². The second-order valence-electron chi connectivity index (χ2n) is 3.75. The van der Waals surface area contributed by atoms with Gasteiger partial charge in [-0.2, -0.15) is 5.10 Å². The van der Waals surface area contributed by atoms with Crippen molar-refractivity contribution < 1.29 is 0 Å². The Morgan fingerprint density at radius 1 is 1.31 bits per heavy atom. The summed E-state index contributed by atoms with van der Waals surface area (Å²) in [5.74, 6) is 0. The molecule has 16 heavy (non-hydrogen) atoms. The summed E-state index contributed by atoms with van der Waals surface area (Å²) in [6.07, 6.45) is 8.46. The van der Waals surface area contributed by atoms with Crippen LogP contribution in [0.1, 0.15) is 5.69 Å². The smallest absolute Gasteiger partial charge is 0.0946 e. The number of nitrogens with one attached hydrogen (secondary N) is 1. The second kappa shape index (κ2) is 5.46. The number of hydrogen-bond donors (Lipinski definition) is 1. The van der Waals surface area contributed by atoms with E-state index in [4.69, 9.17) is 0 Å². The van der Waals surface area contributed by atoms with Crippen LogP contribution in [0.4, 0.5) is 0 Å². The van der Waals surface area contributed by atoms with Gasteiger partial charge in [-0.3, -0.25) is 4.68 Å². The van der Waals surface area contributed by atoms with Crippen LogP contribution < -0.4 is 5.32 Å². The molecule has 0 radical (unpaired) electrons. The van der Waals surface area contributed by atoms with E-state index in [0.717, 1.165) is 26.1 Å². The Morgan fingerprint density at radius 2 is 2.25 bits per heavy atom. The van der Waals surface area contributed by atoms with E-state index in [2.05, 4.69) is 26.0 Å². The molecule has 0 saturated heterocycles. The van der Waals surface area contributed by atoms with Gasteiger partial charge in [-0.05, 0) is 6.07 Å². The van der Waals surface area contributed by atoms with Crippen molar-refractivity contribution in [2.24, 2.45) is 7.05 Å². The maximum atomic E-state index is 4.13. The van der Waals surface area contributed by atoms with Crippen molar-refractivity contribution in [3.63, 3.8) is 0 Å². The van der Waals surface area contributed by atoms with Gasteiger partial charge in [-0.1, -0.05) is 0 Å². The molecule has 0 amide bonds. The molecule has 0 aromatic carbocycles. The highest BCUT2D eigenvalue weighted by molar-refractivity contribution is 5.00. The van der Waals surface area contributed by atoms with E-state index < -0.39 is 0 Å². The predicted octanol–water partition coefficient (Wildman–Crippen LogP) is 0.449. The number of rotatable bonds is 6. The van der Waals surface area contributed by atoms with Crippen LogP contribution in [0, 0.1) is 0 Å². The topological polar surface area (TPSA) is 47.7 Å². The maximum Gasteiger partial charge on any atom is 0.0946 e. The Hall–Kier alpha value is -1.62. The van der Waals surface area contributed by atoms with Gasteiger partial charge in [0, 0.05) is 57.4 Å². The van der Waals surface area contributed by atoms with Gasteiger partial charge in [-0.15, -0.1) is 0 Å². The van der Waals surface area contributed by atoms with Crippen LogP contribution in [0.3, 0.4) is 0 Å². The monoisotopic (exact) mass is 219 g/mol. The van der Waals surface area contributed by atoms with Crippen molar-refractivity contribution in [1.29, 1.82) is 0 Å². The standard InChI is InChI=1S/C11H17N5/c1-15-11(3-5-14-15)2-4-12-6-8-16-9-7-13-10-16/h3,5,7,9-10,12H,2,4,6,8H2,1H3. The fourth-order valence-corrected chi connectivity index (χ4v) is 1.62. The molecule has 2 heterocycles. The summed E-state index contributed by atoms with van der Waals surface area (Å²) < 4.78 is 3.98. The normalized spacial score (nSPS) is 10.8. The summed E-state index contributed by atoms with van der Waals surface area (Å²) >= 11 is 0. The highest BCUT2D eigenvalue weighted by atomic mass is 15.3. The summed E-state index contributed by atoms with van der Waals surface area (Å²) in [4.78, 5) is 4.00. The highest BCUT2D eigenvalue weighted by Crippen LogP contribution is 1.95. The average molecular weight is 219 g/mol. The third-order valence-corrected chi connectivity index (χ3v) is 2.59. The summed E-state index contributed by atoms with van der Waals surface area (Å²) in [7, 11) is 1.97. The molecule has 1 N–H and O–H groups in total. The van der Waals surface area contributed by atoms with Crippen LogP contribution in [-0.4, -0.2) is 32.4 Å². The number of nitrogens with zero attached hydrogens (tertiary/aromatic N) is 4. The molecule has 0 bridgehead atoms. The molecule has 2 aromatic heterocycles. The second-order valence-corrected chi connectivity index (χ2v) is 3.75. The zero-order valence-electron chi connectivity index (χ0n) is 9.50. The Labute approximate surface area is 95.1 Å². The van der Waals surface area contributed by atoms with Crippen molar-refractivity contribution in [3.8, 4) is 0 Å². The molecule has 86 valence electrons. The molecule has 2 aromatic rings. The lowest BCUT2D eigenvalue weighted by Gasteiger charge is -2.05. The molecule has 5 heteroatoms. The zero-order chi connectivity index (χ0) is 11.2. The van der Waals surface area contributed by atoms with Crippen molar-refractivity contribution in [2.45, 2.75) is 13.0 Å². The van der Waals surface area contributed by atoms with Gasteiger partial charge < -0.3 is 9.88 Å². The molecule has 0 aliphatic heterocycles. The van der Waals surface area contributed by atoms with Gasteiger partial charge in [-0.25, -0.2) is 4.98 Å². The maximum absolute atomic E-state index is 4.13. The Bertz CT molecular complexity index is 404. The van der Waals surface area contributed by atoms with E-state index in [1.807, 2.05) is 30.5 Å². The third-order valence-electron chi connectivity index (χ3n) is 2.59. The fraction of sp³-hybridized carbons (Fsp3) is 0.455. The van der Waals surface area contributed by atoms with Crippen molar-refractivity contribution >= 4 is 0 Å². The Balaban J connectivity index is 1.61. The van der Waals surface area contributed by atoms with E-state index in [-0.39, 0.29) is 0 Å². The average Bonchev–Trinajstić information content (AvgIpc) is 2.90. The van der Waals surface area contributed by atoms with Gasteiger partial charge in [0.15, 0.2) is 0 Å². The molecule has 0 fully saturated rings. The molecule has 0 spiro atoms. The Kier molecular flexibility index (Phi) is 3.71. The molecule has 0 unspecified atom stereocenters. The van der Waals surface area contributed by atoms with Crippen molar-refractivity contribution in [1.82, 2.24) is 24.6 Å². The minimum Gasteiger partial charge on any atom is -0.336 e. The molecule has 0 aliphatic rings. The molecule has 2 rings (SSSR count). The summed E-state index contributed by atoms with van der Waals surface area (Å²) in [5.41, 5.74) is 1.26. The molecule has 5 nitrogen and oxygen atoms in total. The van der Waals surface area contributed by atoms with Crippen LogP contribution in [0.2, 0.25) is 0 Å². The summed E-state index contributed by atoms with van der Waals surface area (Å²) in [5, 5.41) is 7.53. The van der Waals surface area contributed by atoms with Gasteiger partial charge in [0.25, 0.3) is 0 Å². The minimum atomic E-state index is 0.964. The molecule has 0 saturated carbocycles. The SMILES string of the molecule is Cn1nccc1CCNCCn1ccnc1. The van der Waals surface area contributed by atoms with Crippen molar-refractivity contribution in [2.75, 3.05) is 13.1 Å². The van der Waals surface area contributed by atoms with E-state index in [1.54, 1.807) is 6.20 Å². The Morgan fingerprint density at radius 3 is 2.94 bits per heavy atom. The highest BCUT2D eigenvalue weighted by Gasteiger charge is 1.97. The summed E-state index contributed by atoms with van der Waals surface area (Å²) in [6.45, 7) is 2.91. The molecular weight excluding hydrogens is 202 g/mol. The number of hydrogen-bond acceptors (Lipinski definition) is 3. The van der Waals surface area contributed by atoms with Crippen molar-refractivity contribution in [3.05, 3.63) is 36.7 Å². The van der Waals surface area contributed by atoms with Crippen LogP contribution in [0.25, 0.3) is 0 Å². The third kappa shape index (κ3) is 2.93. The van der Waals surface area contributed by atoms with Crippen LogP contribution in [-0.2, 0) is 20.0 Å². The van der Waals surface area contributed by atoms with Gasteiger partial charge in [0.05, 0.1) is 6.33 Å². The van der Waals surface area contributed by atoms with E-state index in [0.29, 0.717) is 0 Å². The number of aromatic nitrogens is 4. The fourth-order valence-electron chi connectivity index (χ4n) is 1.62. The first-order valence-corrected chi connectivity index (χ1v) is 5.49. The minimum absolute atomic E-state index is 0.964. The number of aryl methyl sites for hydroxylation is 1. The first-order valence-electron chi connectivity index (χ1n) is 5.49. The lowest BCUT2D eigenvalue weighted by Crippen LogP contribution is -2.22. The van der Waals surface area contributed by atoms with Gasteiger partial charge in [0.1, 0.15) is 0 Å². The predicted molar refractivity (Wildman–Crippen MR) is 62.0 cm³/mol. The first-order chi connectivity index (χ1) is 7.86. The van der Waals surface area contributed by atoms with Gasteiger partial charge >= 0.3 is 0 Å². The lowest BCUT2D eigenvalue weighted by atomic mass is 10.3. The quantitative estimate of drug-likeness (QED) is 0.718. The van der Waals surface area contributed by atoms with E-state index in [1.165, 1.54) is 5.69 Å². The largest absolute Gasteiger partial charge is 0.336 e. The first kappa shape index (κ1) is 10.9. The van der Waals surface area contributed by atoms with E-state index >= 15 is 0 Å². The lowest BCUT2D eigenvalue weighted by molar-refractivity contribution is 0.586. The molecule has 0 aliphatic carbocycles. The summed E-state index contributed by atoms with van der Waals surface area (Å²) in [6, 6.07) is 2.05. The van der Waals surface area contributed by atoms with E-state index in [9.17, 15) is 0 Å². The number of imidazole rings is 1. The van der Waals surface area contributed by atoms with Crippen LogP contribution in [0.15, 0.2) is 31.0 Å². The van der Waals surface area contributed by atoms with Crippen LogP contribution in [0.5, 0.6) is 0 Å².